The summed E-state index contributed by atoms with van der Waals surface area (Å²) in [6.45, 7) is 3.22. The summed E-state index contributed by atoms with van der Waals surface area (Å²) in [5.74, 6) is -8.67. The first-order valence-electron chi connectivity index (χ1n) is 10.4. The van der Waals surface area contributed by atoms with Crippen LogP contribution in [-0.4, -0.2) is 36.3 Å². The fourth-order valence-corrected chi connectivity index (χ4v) is 4.16. The summed E-state index contributed by atoms with van der Waals surface area (Å²) < 4.78 is 81.1. The van der Waals surface area contributed by atoms with Crippen LogP contribution >= 0.6 is 0 Å². The van der Waals surface area contributed by atoms with Crippen LogP contribution in [0.1, 0.15) is 42.7 Å². The molecule has 8 nitrogen and oxygen atoms in total. The Labute approximate surface area is 196 Å². The van der Waals surface area contributed by atoms with Crippen molar-refractivity contribution in [3.05, 3.63) is 58.6 Å². The quantitative estimate of drug-likeness (QED) is 0.357. The van der Waals surface area contributed by atoms with E-state index in [0.717, 1.165) is 32.2 Å². The zero-order chi connectivity index (χ0) is 26.3. The van der Waals surface area contributed by atoms with Crippen molar-refractivity contribution < 1.29 is 45.7 Å². The average molecular weight is 503 g/mol. The molecule has 2 amide bonds. The van der Waals surface area contributed by atoms with Gasteiger partial charge in [0.2, 0.25) is 5.82 Å². The second kappa shape index (κ2) is 9.29. The second-order valence-electron chi connectivity index (χ2n) is 8.12. The van der Waals surface area contributed by atoms with Gasteiger partial charge in [0.25, 0.3) is 5.91 Å². The van der Waals surface area contributed by atoms with Gasteiger partial charge in [0.05, 0.1) is 6.61 Å². The molecule has 1 fully saturated rings. The van der Waals surface area contributed by atoms with Gasteiger partial charge in [0.15, 0.2) is 23.4 Å². The van der Waals surface area contributed by atoms with Crippen molar-refractivity contribution in [3.63, 3.8) is 0 Å². The number of alkyl halides is 3. The summed E-state index contributed by atoms with van der Waals surface area (Å²) in [7, 11) is 0. The predicted octanol–water partition coefficient (Wildman–Crippen LogP) is 3.17. The Morgan fingerprint density at radius 3 is 2.51 bits per heavy atom. The summed E-state index contributed by atoms with van der Waals surface area (Å²) >= 11 is 0. The molecule has 2 heterocycles. The highest BCUT2D eigenvalue weighted by Crippen LogP contribution is 2.55. The molecule has 1 saturated heterocycles. The van der Waals surface area contributed by atoms with E-state index < -0.39 is 64.6 Å². The van der Waals surface area contributed by atoms with Crippen LogP contribution in [0.2, 0.25) is 0 Å². The molecular formula is C22H22F5N3O5. The van der Waals surface area contributed by atoms with Crippen LogP contribution in [0.4, 0.5) is 27.6 Å². The maximum Gasteiger partial charge on any atom is 0.417 e. The summed E-state index contributed by atoms with van der Waals surface area (Å²) in [6.07, 6.45) is -5.92. The minimum Gasteiger partial charge on any atom is -0.618 e. The molecule has 4 unspecified atom stereocenters. The number of amides is 2. The lowest BCUT2D eigenvalue weighted by atomic mass is 9.77. The van der Waals surface area contributed by atoms with E-state index in [-0.39, 0.29) is 22.6 Å². The van der Waals surface area contributed by atoms with Gasteiger partial charge >= 0.3 is 17.8 Å². The second-order valence-corrected chi connectivity index (χ2v) is 8.12. The van der Waals surface area contributed by atoms with Crippen molar-refractivity contribution in [1.82, 2.24) is 0 Å². The molecule has 0 aliphatic carbocycles. The van der Waals surface area contributed by atoms with Gasteiger partial charge in [-0.05, 0) is 26.0 Å². The molecular weight excluding hydrogens is 481 g/mol. The molecule has 0 bridgehead atoms. The average Bonchev–Trinajstić information content (AvgIpc) is 3.04. The first-order chi connectivity index (χ1) is 16.2. The molecule has 13 heteroatoms. The Kier molecular flexibility index (Phi) is 6.93. The third-order valence-corrected chi connectivity index (χ3v) is 6.11. The zero-order valence-electron chi connectivity index (χ0n) is 18.8. The molecule has 35 heavy (non-hydrogen) atoms. The van der Waals surface area contributed by atoms with E-state index >= 15 is 0 Å². The number of nitrogens with two attached hydrogens (primary N) is 1. The third kappa shape index (κ3) is 4.47. The topological polar surface area (TPSA) is 118 Å². The van der Waals surface area contributed by atoms with Crippen LogP contribution < -0.4 is 20.5 Å². The molecule has 0 radical (unpaired) electrons. The van der Waals surface area contributed by atoms with Crippen LogP contribution in [0.25, 0.3) is 0 Å². The molecule has 0 spiro atoms. The van der Waals surface area contributed by atoms with E-state index in [1.807, 2.05) is 0 Å². The summed E-state index contributed by atoms with van der Waals surface area (Å²) in [5.41, 5.74) is 1.07. The molecule has 2 aromatic rings. The number of hydrogen-bond acceptors (Lipinski definition) is 5. The van der Waals surface area contributed by atoms with Gasteiger partial charge in [-0.15, -0.1) is 0 Å². The smallest absolute Gasteiger partial charge is 0.417 e. The van der Waals surface area contributed by atoms with E-state index in [1.165, 1.54) is 13.0 Å². The van der Waals surface area contributed by atoms with Gasteiger partial charge in [-0.25, -0.2) is 4.39 Å². The number of hydrogen-bond donors (Lipinski definition) is 2. The van der Waals surface area contributed by atoms with Crippen molar-refractivity contribution >= 4 is 17.5 Å². The summed E-state index contributed by atoms with van der Waals surface area (Å²) in [4.78, 5) is 24.9. The fourth-order valence-electron chi connectivity index (χ4n) is 4.16. The normalized spacial score (nSPS) is 24.3. The number of rotatable bonds is 6. The van der Waals surface area contributed by atoms with Gasteiger partial charge in [-0.3, -0.25) is 9.59 Å². The number of anilines is 1. The highest BCUT2D eigenvalue weighted by molar-refractivity contribution is 6.02. The molecule has 3 rings (SSSR count). The minimum absolute atomic E-state index is 0.0793. The molecule has 3 N–H and O–H groups in total. The Morgan fingerprint density at radius 2 is 1.94 bits per heavy atom. The lowest BCUT2D eigenvalue weighted by molar-refractivity contribution is -0.606. The molecule has 1 aromatic carbocycles. The van der Waals surface area contributed by atoms with E-state index in [2.05, 4.69) is 5.32 Å². The number of benzene rings is 1. The fraction of sp³-hybridized carbons (Fsp3) is 0.409. The zero-order valence-corrected chi connectivity index (χ0v) is 18.8. The van der Waals surface area contributed by atoms with Crippen LogP contribution in [0.3, 0.4) is 0 Å². The monoisotopic (exact) mass is 503 g/mol. The minimum atomic E-state index is -4.95. The highest BCUT2D eigenvalue weighted by Gasteiger charge is 2.66. The van der Waals surface area contributed by atoms with E-state index in [0.29, 0.717) is 6.07 Å². The van der Waals surface area contributed by atoms with Gasteiger partial charge < -0.3 is 25.7 Å². The highest BCUT2D eigenvalue weighted by atomic mass is 19.4. The number of pyridine rings is 1. The van der Waals surface area contributed by atoms with Gasteiger partial charge in [-0.2, -0.15) is 22.3 Å². The number of aromatic nitrogens is 1. The van der Waals surface area contributed by atoms with E-state index in [9.17, 15) is 36.7 Å². The number of nitrogens with zero attached hydrogens (tertiary/aromatic N) is 1. The van der Waals surface area contributed by atoms with Crippen molar-refractivity contribution in [2.24, 2.45) is 11.7 Å². The summed E-state index contributed by atoms with van der Waals surface area (Å²) in [6, 6.07) is 4.05. The molecule has 0 saturated carbocycles. The Balaban J connectivity index is 2.14. The van der Waals surface area contributed by atoms with Crippen LogP contribution in [0, 0.1) is 22.8 Å². The van der Waals surface area contributed by atoms with Gasteiger partial charge in [0, 0.05) is 23.5 Å². The Bertz CT molecular complexity index is 1160. The Hall–Kier alpha value is -3.48. The largest absolute Gasteiger partial charge is 0.618 e. The van der Waals surface area contributed by atoms with Crippen molar-refractivity contribution in [3.8, 4) is 5.75 Å². The van der Waals surface area contributed by atoms with Gasteiger partial charge in [-0.1, -0.05) is 13.0 Å². The summed E-state index contributed by atoms with van der Waals surface area (Å²) in [5, 5.41) is 14.1. The molecule has 190 valence electrons. The lowest BCUT2D eigenvalue weighted by Gasteiger charge is -2.32. The third-order valence-electron chi connectivity index (χ3n) is 6.11. The predicted molar refractivity (Wildman–Crippen MR) is 111 cm³/mol. The standard InChI is InChI=1S/C22H22F5N3O5/c1-4-34-17-11(7-8-12(23)15(17)24)14-10(2)21(3,22(25,26)27)35-18(14)20(32)29-13-6-5-9-30(33)16(13)19(28)31/h5-10,14,18H,4H2,1-3H3,(H2,28,31)(H,29,32). The number of primary amides is 1. The first-order valence-corrected chi connectivity index (χ1v) is 10.4. The molecule has 1 aliphatic rings. The lowest BCUT2D eigenvalue weighted by Crippen LogP contribution is -2.47. The first kappa shape index (κ1) is 26.1. The molecule has 1 aliphatic heterocycles. The van der Waals surface area contributed by atoms with Crippen LogP contribution in [0.15, 0.2) is 30.5 Å². The molecule has 4 atom stereocenters. The number of nitrogens with one attached hydrogen (secondary N) is 1. The number of ether oxygens (including phenoxy) is 2. The van der Waals surface area contributed by atoms with Crippen molar-refractivity contribution in [2.75, 3.05) is 11.9 Å². The van der Waals surface area contributed by atoms with Crippen LogP contribution in [-0.2, 0) is 9.53 Å². The number of carbonyl (C=O) groups excluding carboxylic acids is 2. The maximum absolute atomic E-state index is 14.6. The maximum atomic E-state index is 14.6. The van der Waals surface area contributed by atoms with E-state index in [4.69, 9.17) is 15.2 Å². The van der Waals surface area contributed by atoms with Crippen molar-refractivity contribution in [1.29, 1.82) is 0 Å². The Morgan fingerprint density at radius 1 is 1.29 bits per heavy atom. The van der Waals surface area contributed by atoms with Crippen molar-refractivity contribution in [2.45, 2.75) is 44.6 Å². The SMILES string of the molecule is CCOc1c(C2C(C(=O)Nc3ccc[n+]([O-])c3C(N)=O)OC(C)(C(F)(F)F)C2C)ccc(F)c1F. The van der Waals surface area contributed by atoms with E-state index in [1.54, 1.807) is 0 Å². The number of carbonyl (C=O) groups is 2. The van der Waals surface area contributed by atoms with Crippen LogP contribution in [0.5, 0.6) is 5.75 Å². The van der Waals surface area contributed by atoms with Gasteiger partial charge in [0.1, 0.15) is 11.8 Å². The number of halogens is 5. The molecule has 1 aromatic heterocycles.